The minimum absolute atomic E-state index is 0.0667. The van der Waals surface area contributed by atoms with Crippen molar-refractivity contribution in [3.05, 3.63) is 53.2 Å². The predicted molar refractivity (Wildman–Crippen MR) is 80.9 cm³/mol. The van der Waals surface area contributed by atoms with E-state index in [0.717, 1.165) is 0 Å². The molecular formula is C13H9Cl2N3O3S. The van der Waals surface area contributed by atoms with E-state index in [4.69, 9.17) is 32.6 Å². The molecule has 1 heterocycles. The Kier molecular flexibility index (Phi) is 5.19. The van der Waals surface area contributed by atoms with E-state index in [1.165, 1.54) is 12.1 Å². The third-order valence-corrected chi connectivity index (χ3v) is 4.16. The third kappa shape index (κ3) is 4.56. The lowest BCUT2D eigenvalue weighted by Crippen LogP contribution is -2.13. The molecular weight excluding hydrogens is 349 g/mol. The van der Waals surface area contributed by atoms with Crippen molar-refractivity contribution in [3.63, 3.8) is 0 Å². The fourth-order valence-electron chi connectivity index (χ4n) is 1.55. The van der Waals surface area contributed by atoms with Gasteiger partial charge in [-0.25, -0.2) is 0 Å². The van der Waals surface area contributed by atoms with Gasteiger partial charge < -0.3 is 4.18 Å². The number of aromatic nitrogens is 2. The van der Waals surface area contributed by atoms with Crippen molar-refractivity contribution >= 4 is 33.3 Å². The highest BCUT2D eigenvalue weighted by molar-refractivity contribution is 7.86. The van der Waals surface area contributed by atoms with Crippen molar-refractivity contribution in [2.24, 2.45) is 0 Å². The zero-order chi connectivity index (χ0) is 16.2. The van der Waals surface area contributed by atoms with Crippen LogP contribution in [0.15, 0.2) is 36.4 Å². The number of hydrogen-bond acceptors (Lipinski definition) is 6. The fraction of sp³-hybridized carbons (Fsp3) is 0.154. The third-order valence-electron chi connectivity index (χ3n) is 2.54. The first-order valence-corrected chi connectivity index (χ1v) is 8.37. The molecule has 2 aromatic rings. The molecule has 0 N–H and O–H groups in total. The lowest BCUT2D eigenvalue weighted by Gasteiger charge is -2.07. The Morgan fingerprint density at radius 2 is 1.82 bits per heavy atom. The number of nitrogens with zero attached hydrogens (tertiary/aromatic N) is 3. The van der Waals surface area contributed by atoms with Crippen LogP contribution in [0.25, 0.3) is 0 Å². The van der Waals surface area contributed by atoms with Crippen molar-refractivity contribution < 1.29 is 12.6 Å². The number of hydrogen-bond donors (Lipinski definition) is 0. The second-order valence-electron chi connectivity index (χ2n) is 4.20. The van der Waals surface area contributed by atoms with Crippen molar-refractivity contribution in [2.45, 2.75) is 10.6 Å². The van der Waals surface area contributed by atoms with Gasteiger partial charge in [0.15, 0.2) is 5.69 Å². The first kappa shape index (κ1) is 16.5. The fourth-order valence-corrected chi connectivity index (χ4v) is 2.85. The first-order valence-electron chi connectivity index (χ1n) is 5.92. The van der Waals surface area contributed by atoms with Crippen LogP contribution in [-0.2, 0) is 15.9 Å². The van der Waals surface area contributed by atoms with Crippen LogP contribution >= 0.6 is 23.2 Å². The monoisotopic (exact) mass is 357 g/mol. The second-order valence-corrected chi connectivity index (χ2v) is 6.86. The van der Waals surface area contributed by atoms with Gasteiger partial charge in [-0.3, -0.25) is 0 Å². The molecule has 0 unspecified atom stereocenters. The maximum atomic E-state index is 11.9. The molecule has 22 heavy (non-hydrogen) atoms. The summed E-state index contributed by atoms with van der Waals surface area (Å²) >= 11 is 11.4. The van der Waals surface area contributed by atoms with Gasteiger partial charge in [-0.1, -0.05) is 24.3 Å². The van der Waals surface area contributed by atoms with Crippen LogP contribution in [0, 0.1) is 11.3 Å². The van der Waals surface area contributed by atoms with Gasteiger partial charge >= 0.3 is 10.1 Å². The molecule has 1 aromatic heterocycles. The first-order chi connectivity index (χ1) is 10.4. The van der Waals surface area contributed by atoms with Gasteiger partial charge in [-0.15, -0.1) is 33.4 Å². The Balaban J connectivity index is 2.08. The molecule has 0 saturated carbocycles. The maximum absolute atomic E-state index is 11.9. The largest absolute Gasteiger partial charge is 0.360 e. The standard InChI is InChI=1S/C13H9Cl2N3O3S/c14-13(15)10-3-1-9(2-4-10)8-22(19,20)21-12-6-5-11(7-16)17-18-12/h1-6,13H,8H2. The second kappa shape index (κ2) is 6.92. The van der Waals surface area contributed by atoms with Crippen molar-refractivity contribution in [3.8, 4) is 11.9 Å². The molecule has 0 atom stereocenters. The summed E-state index contributed by atoms with van der Waals surface area (Å²) in [6, 6.07) is 10.8. The summed E-state index contributed by atoms with van der Waals surface area (Å²) in [7, 11) is -3.89. The summed E-state index contributed by atoms with van der Waals surface area (Å²) in [6.07, 6.45) is 0. The van der Waals surface area contributed by atoms with Crippen LogP contribution in [0.5, 0.6) is 5.88 Å². The molecule has 114 valence electrons. The van der Waals surface area contributed by atoms with E-state index in [-0.39, 0.29) is 17.3 Å². The summed E-state index contributed by atoms with van der Waals surface area (Å²) in [5, 5.41) is 15.6. The van der Waals surface area contributed by atoms with Crippen LogP contribution < -0.4 is 4.18 Å². The Morgan fingerprint density at radius 1 is 1.14 bits per heavy atom. The smallest absolute Gasteiger partial charge is 0.314 e. The molecule has 0 amide bonds. The quantitative estimate of drug-likeness (QED) is 0.603. The van der Waals surface area contributed by atoms with Gasteiger partial charge in [0.1, 0.15) is 16.7 Å². The molecule has 0 aliphatic carbocycles. The average molecular weight is 358 g/mol. The zero-order valence-electron chi connectivity index (χ0n) is 11.0. The van der Waals surface area contributed by atoms with Gasteiger partial charge in [-0.2, -0.15) is 13.7 Å². The van der Waals surface area contributed by atoms with E-state index in [9.17, 15) is 8.42 Å². The molecule has 0 aliphatic rings. The summed E-state index contributed by atoms with van der Waals surface area (Å²) < 4.78 is 28.7. The minimum Gasteiger partial charge on any atom is -0.360 e. The topological polar surface area (TPSA) is 92.9 Å². The average Bonchev–Trinajstić information content (AvgIpc) is 2.47. The number of benzene rings is 1. The van der Waals surface area contributed by atoms with E-state index >= 15 is 0 Å². The Labute approximate surface area is 137 Å². The molecule has 0 radical (unpaired) electrons. The Morgan fingerprint density at radius 3 is 2.32 bits per heavy atom. The number of halogens is 2. The molecule has 0 spiro atoms. The van der Waals surface area contributed by atoms with Gasteiger partial charge in [0.05, 0.1) is 0 Å². The summed E-state index contributed by atoms with van der Waals surface area (Å²) in [5.74, 6) is -0.540. The summed E-state index contributed by atoms with van der Waals surface area (Å²) in [4.78, 5) is -0.671. The number of alkyl halides is 2. The summed E-state index contributed by atoms with van der Waals surface area (Å²) in [6.45, 7) is 0. The van der Waals surface area contributed by atoms with Gasteiger partial charge in [0, 0.05) is 6.07 Å². The van der Waals surface area contributed by atoms with Crippen LogP contribution in [0.3, 0.4) is 0 Å². The maximum Gasteiger partial charge on any atom is 0.314 e. The molecule has 1 aromatic carbocycles. The van der Waals surface area contributed by atoms with Crippen molar-refractivity contribution in [1.82, 2.24) is 10.2 Å². The van der Waals surface area contributed by atoms with E-state index in [0.29, 0.717) is 11.1 Å². The van der Waals surface area contributed by atoms with Crippen molar-refractivity contribution in [1.29, 1.82) is 5.26 Å². The van der Waals surface area contributed by atoms with Gasteiger partial charge in [0.25, 0.3) is 5.88 Å². The lowest BCUT2D eigenvalue weighted by molar-refractivity contribution is 0.470. The van der Waals surface area contributed by atoms with E-state index < -0.39 is 15.0 Å². The number of rotatable bonds is 5. The van der Waals surface area contributed by atoms with Crippen LogP contribution in [0.2, 0.25) is 0 Å². The van der Waals surface area contributed by atoms with Crippen molar-refractivity contribution in [2.75, 3.05) is 0 Å². The van der Waals surface area contributed by atoms with Crippen LogP contribution in [0.4, 0.5) is 0 Å². The molecule has 0 saturated heterocycles. The molecule has 2 rings (SSSR count). The molecule has 0 bridgehead atoms. The highest BCUT2D eigenvalue weighted by Gasteiger charge is 2.16. The normalized spacial score (nSPS) is 11.2. The Bertz CT molecular complexity index is 785. The minimum atomic E-state index is -3.89. The predicted octanol–water partition coefficient (Wildman–Crippen LogP) is 2.73. The van der Waals surface area contributed by atoms with Gasteiger partial charge in [0.2, 0.25) is 0 Å². The van der Waals surface area contributed by atoms with Crippen LogP contribution in [0.1, 0.15) is 21.7 Å². The van der Waals surface area contributed by atoms with Gasteiger partial charge in [-0.05, 0) is 17.2 Å². The molecule has 9 heteroatoms. The molecule has 6 nitrogen and oxygen atoms in total. The highest BCUT2D eigenvalue weighted by Crippen LogP contribution is 2.25. The van der Waals surface area contributed by atoms with Crippen LogP contribution in [-0.4, -0.2) is 18.6 Å². The zero-order valence-corrected chi connectivity index (χ0v) is 13.3. The SMILES string of the molecule is N#Cc1ccc(OS(=O)(=O)Cc2ccc(C(Cl)Cl)cc2)nn1. The molecule has 0 fully saturated rings. The van der Waals surface area contributed by atoms with E-state index in [1.54, 1.807) is 30.3 Å². The van der Waals surface area contributed by atoms with E-state index in [1.807, 2.05) is 0 Å². The number of nitriles is 1. The van der Waals surface area contributed by atoms with E-state index in [2.05, 4.69) is 10.2 Å². The lowest BCUT2D eigenvalue weighted by atomic mass is 10.2. The molecule has 0 aliphatic heterocycles. The Hall–Kier alpha value is -1.88. The summed E-state index contributed by atoms with van der Waals surface area (Å²) in [5.41, 5.74) is 1.25. The highest BCUT2D eigenvalue weighted by atomic mass is 35.5.